The molecule has 0 amide bonds. The average molecular weight is 281 g/mol. The summed E-state index contributed by atoms with van der Waals surface area (Å²) >= 11 is 6.01. The van der Waals surface area contributed by atoms with Crippen molar-refractivity contribution < 1.29 is 0 Å². The third-order valence-corrected chi connectivity index (χ3v) is 4.50. The molecule has 2 N–H and O–H groups in total. The first-order chi connectivity index (χ1) is 9.16. The minimum absolute atomic E-state index is 0.0877. The Hall–Kier alpha value is -0.570. The second-order valence-corrected chi connectivity index (χ2v) is 6.16. The van der Waals surface area contributed by atoms with E-state index >= 15 is 0 Å². The van der Waals surface area contributed by atoms with Crippen molar-refractivity contribution in [3.05, 3.63) is 34.9 Å². The van der Waals surface area contributed by atoms with E-state index in [0.29, 0.717) is 0 Å². The van der Waals surface area contributed by atoms with Crippen LogP contribution in [0.5, 0.6) is 0 Å². The highest BCUT2D eigenvalue weighted by Gasteiger charge is 2.18. The molecule has 1 aliphatic carbocycles. The van der Waals surface area contributed by atoms with Gasteiger partial charge in [0.25, 0.3) is 0 Å². The van der Waals surface area contributed by atoms with Gasteiger partial charge in [-0.05, 0) is 50.6 Å². The molecule has 2 rings (SSSR count). The van der Waals surface area contributed by atoms with E-state index in [1.807, 2.05) is 18.2 Å². The number of nitrogens with two attached hydrogens (primary N) is 1. The highest BCUT2D eigenvalue weighted by Crippen LogP contribution is 2.23. The summed E-state index contributed by atoms with van der Waals surface area (Å²) in [5, 5.41) is 0.772. The predicted octanol–water partition coefficient (Wildman–Crippen LogP) is 3.99. The van der Waals surface area contributed by atoms with Crippen LogP contribution in [0.3, 0.4) is 0 Å². The van der Waals surface area contributed by atoms with Gasteiger partial charge in [-0.3, -0.25) is 0 Å². The Morgan fingerprint density at radius 3 is 2.74 bits per heavy atom. The van der Waals surface area contributed by atoms with Gasteiger partial charge in [0.1, 0.15) is 0 Å². The van der Waals surface area contributed by atoms with Gasteiger partial charge in [-0.2, -0.15) is 0 Å². The molecule has 0 saturated heterocycles. The van der Waals surface area contributed by atoms with E-state index in [1.54, 1.807) is 0 Å². The minimum Gasteiger partial charge on any atom is -0.324 e. The Labute approximate surface area is 121 Å². The van der Waals surface area contributed by atoms with Gasteiger partial charge in [0.2, 0.25) is 0 Å². The number of hydrogen-bond donors (Lipinski definition) is 1. The molecule has 0 aliphatic heterocycles. The lowest BCUT2D eigenvalue weighted by Crippen LogP contribution is -2.35. The number of hydrogen-bond acceptors (Lipinski definition) is 2. The Morgan fingerprint density at radius 2 is 2.05 bits per heavy atom. The number of rotatable bonds is 5. The SMILES string of the molecule is CN(CCC(N)c1cccc(Cl)c1)C1CCCCC1. The fraction of sp³-hybridized carbons (Fsp3) is 0.625. The standard InChI is InChI=1S/C16H25ClN2/c1-19(15-8-3-2-4-9-15)11-10-16(18)13-6-5-7-14(17)12-13/h5-7,12,15-16H,2-4,8-11,18H2,1H3. The smallest absolute Gasteiger partial charge is 0.0409 e. The second kappa shape index (κ2) is 7.28. The van der Waals surface area contributed by atoms with E-state index in [-0.39, 0.29) is 6.04 Å². The van der Waals surface area contributed by atoms with Gasteiger partial charge in [0.15, 0.2) is 0 Å². The van der Waals surface area contributed by atoms with Crippen molar-refractivity contribution in [2.45, 2.75) is 50.6 Å². The largest absolute Gasteiger partial charge is 0.324 e. The lowest BCUT2D eigenvalue weighted by atomic mass is 9.94. The molecular formula is C16H25ClN2. The normalized spacial score (nSPS) is 18.7. The summed E-state index contributed by atoms with van der Waals surface area (Å²) in [6.45, 7) is 1.07. The van der Waals surface area contributed by atoms with Crippen molar-refractivity contribution in [3.63, 3.8) is 0 Å². The third-order valence-electron chi connectivity index (χ3n) is 4.27. The van der Waals surface area contributed by atoms with E-state index in [9.17, 15) is 0 Å². The molecule has 0 heterocycles. The fourth-order valence-electron chi connectivity index (χ4n) is 2.95. The molecule has 1 aromatic carbocycles. The lowest BCUT2D eigenvalue weighted by molar-refractivity contribution is 0.186. The molecule has 1 aliphatic rings. The van der Waals surface area contributed by atoms with Crippen LogP contribution in [0.4, 0.5) is 0 Å². The Balaban J connectivity index is 1.80. The van der Waals surface area contributed by atoms with Crippen molar-refractivity contribution in [2.75, 3.05) is 13.6 Å². The maximum atomic E-state index is 6.26. The monoisotopic (exact) mass is 280 g/mol. The lowest BCUT2D eigenvalue weighted by Gasteiger charge is -2.31. The molecule has 1 aromatic rings. The van der Waals surface area contributed by atoms with E-state index in [1.165, 1.54) is 32.1 Å². The summed E-state index contributed by atoms with van der Waals surface area (Å²) in [5.74, 6) is 0. The molecule has 19 heavy (non-hydrogen) atoms. The first kappa shape index (κ1) is 14.8. The average Bonchev–Trinajstić information content (AvgIpc) is 2.45. The van der Waals surface area contributed by atoms with Gasteiger partial charge in [-0.1, -0.05) is 43.0 Å². The van der Waals surface area contributed by atoms with Crippen molar-refractivity contribution in [1.29, 1.82) is 0 Å². The van der Waals surface area contributed by atoms with Crippen molar-refractivity contribution in [3.8, 4) is 0 Å². The highest BCUT2D eigenvalue weighted by atomic mass is 35.5. The molecule has 1 fully saturated rings. The van der Waals surface area contributed by atoms with E-state index in [0.717, 1.165) is 29.6 Å². The summed E-state index contributed by atoms with van der Waals surface area (Å²) in [6.07, 6.45) is 7.87. The van der Waals surface area contributed by atoms with Crippen LogP contribution in [0.1, 0.15) is 50.1 Å². The molecule has 1 unspecified atom stereocenters. The zero-order chi connectivity index (χ0) is 13.7. The van der Waals surface area contributed by atoms with Crippen molar-refractivity contribution >= 4 is 11.6 Å². The highest BCUT2D eigenvalue weighted by molar-refractivity contribution is 6.30. The summed E-state index contributed by atoms with van der Waals surface area (Å²) in [5.41, 5.74) is 7.40. The van der Waals surface area contributed by atoms with Crippen LogP contribution >= 0.6 is 11.6 Å². The third kappa shape index (κ3) is 4.48. The maximum absolute atomic E-state index is 6.26. The molecular weight excluding hydrogens is 256 g/mol. The van der Waals surface area contributed by atoms with Gasteiger partial charge >= 0.3 is 0 Å². The maximum Gasteiger partial charge on any atom is 0.0409 e. The van der Waals surface area contributed by atoms with Crippen LogP contribution in [-0.4, -0.2) is 24.5 Å². The van der Waals surface area contributed by atoms with Crippen LogP contribution in [0.25, 0.3) is 0 Å². The molecule has 0 radical (unpaired) electrons. The molecule has 0 spiro atoms. The summed E-state index contributed by atoms with van der Waals surface area (Å²) in [7, 11) is 2.24. The minimum atomic E-state index is 0.0877. The van der Waals surface area contributed by atoms with E-state index in [2.05, 4.69) is 18.0 Å². The van der Waals surface area contributed by atoms with Crippen molar-refractivity contribution in [1.82, 2.24) is 4.90 Å². The van der Waals surface area contributed by atoms with Gasteiger partial charge < -0.3 is 10.6 Å². The van der Waals surface area contributed by atoms with Crippen LogP contribution in [-0.2, 0) is 0 Å². The van der Waals surface area contributed by atoms with Gasteiger partial charge in [0.05, 0.1) is 0 Å². The quantitative estimate of drug-likeness (QED) is 0.883. The number of nitrogens with zero attached hydrogens (tertiary/aromatic N) is 1. The first-order valence-electron chi connectivity index (χ1n) is 7.38. The predicted molar refractivity (Wildman–Crippen MR) is 82.5 cm³/mol. The zero-order valence-corrected chi connectivity index (χ0v) is 12.6. The van der Waals surface area contributed by atoms with Gasteiger partial charge in [-0.25, -0.2) is 0 Å². The van der Waals surface area contributed by atoms with Crippen LogP contribution in [0, 0.1) is 0 Å². The van der Waals surface area contributed by atoms with E-state index in [4.69, 9.17) is 17.3 Å². The topological polar surface area (TPSA) is 29.3 Å². The zero-order valence-electron chi connectivity index (χ0n) is 11.8. The number of halogens is 1. The molecule has 1 atom stereocenters. The summed E-state index contributed by atoms with van der Waals surface area (Å²) < 4.78 is 0. The van der Waals surface area contributed by atoms with Crippen LogP contribution < -0.4 is 5.73 Å². The van der Waals surface area contributed by atoms with Crippen molar-refractivity contribution in [2.24, 2.45) is 5.73 Å². The first-order valence-corrected chi connectivity index (χ1v) is 7.76. The molecule has 106 valence electrons. The Bertz CT molecular complexity index is 388. The van der Waals surface area contributed by atoms with Gasteiger partial charge in [0, 0.05) is 17.1 Å². The molecule has 2 nitrogen and oxygen atoms in total. The molecule has 3 heteroatoms. The van der Waals surface area contributed by atoms with Gasteiger partial charge in [-0.15, -0.1) is 0 Å². The Kier molecular flexibility index (Phi) is 5.68. The summed E-state index contributed by atoms with van der Waals surface area (Å²) in [4.78, 5) is 2.49. The molecule has 0 aromatic heterocycles. The van der Waals surface area contributed by atoms with Crippen LogP contribution in [0.2, 0.25) is 5.02 Å². The van der Waals surface area contributed by atoms with E-state index < -0.39 is 0 Å². The molecule has 1 saturated carbocycles. The Morgan fingerprint density at radius 1 is 1.32 bits per heavy atom. The number of benzene rings is 1. The summed E-state index contributed by atoms with van der Waals surface area (Å²) in [6, 6.07) is 8.77. The second-order valence-electron chi connectivity index (χ2n) is 5.72. The molecule has 0 bridgehead atoms. The fourth-order valence-corrected chi connectivity index (χ4v) is 3.15. The van der Waals surface area contributed by atoms with Crippen LogP contribution in [0.15, 0.2) is 24.3 Å².